The molecular weight excluding hydrogens is 490 g/mol. The summed E-state index contributed by atoms with van der Waals surface area (Å²) in [5.41, 5.74) is 0.731. The molecule has 2 aromatic heterocycles. The molecule has 0 unspecified atom stereocenters. The molecule has 0 saturated carbocycles. The maximum absolute atomic E-state index is 13.5. The van der Waals surface area contributed by atoms with Crippen molar-refractivity contribution in [3.63, 3.8) is 0 Å². The molecule has 2 heterocycles. The number of amides is 1. The molecule has 4 rings (SSSR count). The van der Waals surface area contributed by atoms with Gasteiger partial charge in [-0.25, -0.2) is 4.79 Å². The van der Waals surface area contributed by atoms with Gasteiger partial charge in [0, 0.05) is 15.8 Å². The van der Waals surface area contributed by atoms with Gasteiger partial charge in [0.1, 0.15) is 10.8 Å². The number of nitrogens with one attached hydrogen (secondary N) is 1. The van der Waals surface area contributed by atoms with Crippen molar-refractivity contribution < 1.29 is 19.1 Å². The van der Waals surface area contributed by atoms with E-state index in [9.17, 15) is 14.4 Å². The van der Waals surface area contributed by atoms with Crippen LogP contribution in [0.5, 0.6) is 5.75 Å². The summed E-state index contributed by atoms with van der Waals surface area (Å²) in [5, 5.41) is 10.1. The number of carbonyl (C=O) groups excluding carboxylic acids is 2. The molecule has 35 heavy (non-hydrogen) atoms. The summed E-state index contributed by atoms with van der Waals surface area (Å²) < 4.78 is 11.8. The van der Waals surface area contributed by atoms with E-state index in [4.69, 9.17) is 21.1 Å². The van der Waals surface area contributed by atoms with Crippen LogP contribution in [0.3, 0.4) is 0 Å². The lowest BCUT2D eigenvalue weighted by molar-refractivity contribution is -0.115. The molecule has 0 spiro atoms. The summed E-state index contributed by atoms with van der Waals surface area (Å²) in [6.45, 7) is 4.22. The first-order valence-corrected chi connectivity index (χ1v) is 12.2. The maximum atomic E-state index is 13.5. The van der Waals surface area contributed by atoms with Crippen LogP contribution in [0.4, 0.5) is 5.00 Å². The third-order valence-electron chi connectivity index (χ3n) is 5.04. The van der Waals surface area contributed by atoms with Crippen LogP contribution in [-0.2, 0) is 16.0 Å². The van der Waals surface area contributed by atoms with Gasteiger partial charge in [-0.1, -0.05) is 23.7 Å². The lowest BCUT2D eigenvalue weighted by Crippen LogP contribution is -2.25. The first kappa shape index (κ1) is 24.4. The number of aromatic nitrogens is 2. The smallest absolute Gasteiger partial charge is 0.359 e. The highest BCUT2D eigenvalue weighted by molar-refractivity contribution is 7.16. The van der Waals surface area contributed by atoms with Crippen molar-refractivity contribution in [1.82, 2.24) is 9.78 Å². The lowest BCUT2D eigenvalue weighted by Gasteiger charge is -2.11. The van der Waals surface area contributed by atoms with Gasteiger partial charge in [0.25, 0.3) is 5.56 Å². The van der Waals surface area contributed by atoms with E-state index in [1.807, 2.05) is 6.92 Å². The third kappa shape index (κ3) is 5.36. The second kappa shape index (κ2) is 10.7. The zero-order valence-electron chi connectivity index (χ0n) is 19.0. The minimum absolute atomic E-state index is 0.00946. The lowest BCUT2D eigenvalue weighted by atomic mass is 10.1. The second-order valence-corrected chi connectivity index (χ2v) is 8.73. The number of esters is 1. The third-order valence-corrected chi connectivity index (χ3v) is 6.19. The molecule has 0 fully saturated rings. The molecule has 4 aromatic rings. The number of anilines is 1. The molecule has 0 atom stereocenters. The number of fused-ring (bicyclic) bond motifs is 1. The Labute approximate surface area is 210 Å². The van der Waals surface area contributed by atoms with E-state index in [2.05, 4.69) is 10.4 Å². The van der Waals surface area contributed by atoms with Gasteiger partial charge in [-0.2, -0.15) is 9.78 Å². The van der Waals surface area contributed by atoms with E-state index in [0.29, 0.717) is 33.5 Å². The topological polar surface area (TPSA) is 99.5 Å². The van der Waals surface area contributed by atoms with Crippen LogP contribution in [0, 0.1) is 0 Å². The van der Waals surface area contributed by atoms with Crippen LogP contribution < -0.4 is 15.6 Å². The summed E-state index contributed by atoms with van der Waals surface area (Å²) in [6.07, 6.45) is 0.0967. The molecule has 0 aliphatic heterocycles. The molecule has 0 radical (unpaired) electrons. The quantitative estimate of drug-likeness (QED) is 0.339. The molecule has 180 valence electrons. The maximum Gasteiger partial charge on any atom is 0.359 e. The Morgan fingerprint density at radius 3 is 2.43 bits per heavy atom. The van der Waals surface area contributed by atoms with E-state index in [1.54, 1.807) is 60.8 Å². The van der Waals surface area contributed by atoms with E-state index < -0.39 is 11.5 Å². The van der Waals surface area contributed by atoms with Gasteiger partial charge in [0.2, 0.25) is 5.91 Å². The zero-order chi connectivity index (χ0) is 24.9. The van der Waals surface area contributed by atoms with Gasteiger partial charge < -0.3 is 14.8 Å². The van der Waals surface area contributed by atoms with Crippen molar-refractivity contribution in [1.29, 1.82) is 0 Å². The van der Waals surface area contributed by atoms with Crippen LogP contribution in [0.1, 0.15) is 29.9 Å². The molecule has 0 aliphatic carbocycles. The monoisotopic (exact) mass is 511 g/mol. The number of thiophene rings is 1. The number of ether oxygens (including phenoxy) is 2. The van der Waals surface area contributed by atoms with Crippen molar-refractivity contribution in [3.8, 4) is 11.4 Å². The van der Waals surface area contributed by atoms with E-state index >= 15 is 0 Å². The summed E-state index contributed by atoms with van der Waals surface area (Å²) in [5.74, 6) is -0.326. The number of carbonyl (C=O) groups is 2. The van der Waals surface area contributed by atoms with Crippen LogP contribution in [-0.4, -0.2) is 34.9 Å². The molecule has 0 saturated heterocycles. The zero-order valence-corrected chi connectivity index (χ0v) is 20.6. The predicted molar refractivity (Wildman–Crippen MR) is 136 cm³/mol. The minimum atomic E-state index is -0.658. The number of benzene rings is 2. The molecule has 0 aliphatic rings. The minimum Gasteiger partial charge on any atom is -0.494 e. The summed E-state index contributed by atoms with van der Waals surface area (Å²) in [4.78, 5) is 38.9. The van der Waals surface area contributed by atoms with Gasteiger partial charge in [0.15, 0.2) is 5.69 Å². The fraction of sp³-hybridized carbons (Fsp3) is 0.200. The SMILES string of the molecule is CCOC(=O)c1nn(-c2ccc(OCC)cc2)c(=O)c2c(NC(=O)Cc3ccc(Cl)cc3)scc12. The normalized spacial score (nSPS) is 10.8. The highest BCUT2D eigenvalue weighted by atomic mass is 35.5. The van der Waals surface area contributed by atoms with Gasteiger partial charge in [-0.3, -0.25) is 9.59 Å². The van der Waals surface area contributed by atoms with Gasteiger partial charge in [-0.05, 0) is 55.8 Å². The van der Waals surface area contributed by atoms with Gasteiger partial charge in [0.05, 0.1) is 30.7 Å². The molecule has 1 amide bonds. The Balaban J connectivity index is 1.76. The fourth-order valence-electron chi connectivity index (χ4n) is 3.48. The molecule has 10 heteroatoms. The number of hydrogen-bond donors (Lipinski definition) is 1. The summed E-state index contributed by atoms with van der Waals surface area (Å²) in [6, 6.07) is 13.7. The Kier molecular flexibility index (Phi) is 7.48. The molecular formula is C25H22ClN3O5S. The second-order valence-electron chi connectivity index (χ2n) is 7.42. The number of halogens is 1. The van der Waals surface area contributed by atoms with Gasteiger partial charge in [-0.15, -0.1) is 11.3 Å². The van der Waals surface area contributed by atoms with Crippen molar-refractivity contribution in [2.24, 2.45) is 0 Å². The van der Waals surface area contributed by atoms with Crippen LogP contribution in [0.2, 0.25) is 5.02 Å². The summed E-state index contributed by atoms with van der Waals surface area (Å²) in [7, 11) is 0. The van der Waals surface area contributed by atoms with E-state index in [1.165, 1.54) is 0 Å². The average Bonchev–Trinajstić information content (AvgIpc) is 3.26. The highest BCUT2D eigenvalue weighted by Gasteiger charge is 2.23. The predicted octanol–water partition coefficient (Wildman–Crippen LogP) is 4.86. The Morgan fingerprint density at radius 2 is 1.77 bits per heavy atom. The van der Waals surface area contributed by atoms with Crippen LogP contribution in [0.25, 0.3) is 16.5 Å². The Hall–Kier alpha value is -3.69. The average molecular weight is 512 g/mol. The van der Waals surface area contributed by atoms with Crippen LogP contribution >= 0.6 is 22.9 Å². The first-order chi connectivity index (χ1) is 16.9. The van der Waals surface area contributed by atoms with E-state index in [-0.39, 0.29) is 30.0 Å². The molecule has 2 aromatic carbocycles. The molecule has 1 N–H and O–H groups in total. The fourth-order valence-corrected chi connectivity index (χ4v) is 4.55. The number of rotatable bonds is 8. The van der Waals surface area contributed by atoms with Crippen molar-refractivity contribution in [3.05, 3.63) is 80.5 Å². The van der Waals surface area contributed by atoms with Gasteiger partial charge >= 0.3 is 5.97 Å². The van der Waals surface area contributed by atoms with Crippen molar-refractivity contribution in [2.75, 3.05) is 18.5 Å². The Morgan fingerprint density at radius 1 is 1.06 bits per heavy atom. The first-order valence-electron chi connectivity index (χ1n) is 10.9. The standard InChI is InChI=1S/C25H22ClN3O5S/c1-3-33-18-11-9-17(10-12-18)29-24(31)21-19(22(28-29)25(32)34-4-2)14-35-23(21)27-20(30)13-15-5-7-16(26)8-6-15/h5-12,14H,3-4,13H2,1-2H3,(H,27,30). The number of hydrogen-bond acceptors (Lipinski definition) is 7. The van der Waals surface area contributed by atoms with Crippen molar-refractivity contribution in [2.45, 2.75) is 20.3 Å². The van der Waals surface area contributed by atoms with E-state index in [0.717, 1.165) is 21.6 Å². The largest absolute Gasteiger partial charge is 0.494 e. The van der Waals surface area contributed by atoms with Crippen LogP contribution in [0.15, 0.2) is 58.7 Å². The summed E-state index contributed by atoms with van der Waals surface area (Å²) >= 11 is 7.06. The van der Waals surface area contributed by atoms with Crippen molar-refractivity contribution >= 4 is 50.6 Å². The number of nitrogens with zero attached hydrogens (tertiary/aromatic N) is 2. The Bertz CT molecular complexity index is 1430. The molecule has 8 nitrogen and oxygen atoms in total. The highest BCUT2D eigenvalue weighted by Crippen LogP contribution is 2.31. The molecule has 0 bridgehead atoms.